The zero-order valence-corrected chi connectivity index (χ0v) is 14.8. The number of hydrogen-bond acceptors (Lipinski definition) is 5. The van der Waals surface area contributed by atoms with Gasteiger partial charge >= 0.3 is 0 Å². The SMILES string of the molecule is Cc1ccc(N2CCN(C(=O)[C@H]3CCCCn4nnnc43)CC2=O)cc1. The van der Waals surface area contributed by atoms with E-state index in [4.69, 9.17) is 0 Å². The van der Waals surface area contributed by atoms with Crippen molar-refractivity contribution in [3.63, 3.8) is 0 Å². The first kappa shape index (κ1) is 16.7. The molecule has 1 aromatic carbocycles. The van der Waals surface area contributed by atoms with E-state index in [2.05, 4.69) is 15.5 Å². The van der Waals surface area contributed by atoms with Crippen molar-refractivity contribution in [2.75, 3.05) is 24.5 Å². The van der Waals surface area contributed by atoms with Gasteiger partial charge in [-0.2, -0.15) is 0 Å². The first-order chi connectivity index (χ1) is 12.6. The second-order valence-electron chi connectivity index (χ2n) is 6.95. The van der Waals surface area contributed by atoms with E-state index in [0.717, 1.165) is 37.1 Å². The van der Waals surface area contributed by atoms with Crippen molar-refractivity contribution in [3.05, 3.63) is 35.7 Å². The number of carbonyl (C=O) groups excluding carboxylic acids is 2. The van der Waals surface area contributed by atoms with Crippen LogP contribution < -0.4 is 4.90 Å². The maximum atomic E-state index is 13.0. The van der Waals surface area contributed by atoms with Crippen LogP contribution in [0.15, 0.2) is 24.3 Å². The van der Waals surface area contributed by atoms with Gasteiger partial charge in [0.2, 0.25) is 11.8 Å². The van der Waals surface area contributed by atoms with Crippen molar-refractivity contribution in [3.8, 4) is 0 Å². The molecule has 4 rings (SSSR count). The van der Waals surface area contributed by atoms with Gasteiger partial charge in [0.05, 0.1) is 5.92 Å². The summed E-state index contributed by atoms with van der Waals surface area (Å²) in [6, 6.07) is 7.88. The van der Waals surface area contributed by atoms with E-state index in [1.165, 1.54) is 0 Å². The second-order valence-corrected chi connectivity index (χ2v) is 6.95. The molecule has 2 amide bonds. The summed E-state index contributed by atoms with van der Waals surface area (Å²) in [4.78, 5) is 29.1. The molecule has 0 radical (unpaired) electrons. The van der Waals surface area contributed by atoms with Crippen molar-refractivity contribution in [1.82, 2.24) is 25.1 Å². The molecule has 0 saturated carbocycles. The third-order valence-electron chi connectivity index (χ3n) is 5.16. The van der Waals surface area contributed by atoms with Crippen molar-refractivity contribution in [1.29, 1.82) is 0 Å². The standard InChI is InChI=1S/C18H22N6O2/c1-13-5-7-14(8-6-13)23-11-10-22(12-16(23)25)18(26)15-4-2-3-9-24-17(15)19-20-21-24/h5-8,15H,2-4,9-12H2,1H3/t15-/m0/s1. The maximum absolute atomic E-state index is 13.0. The number of anilines is 1. The van der Waals surface area contributed by atoms with Crippen molar-refractivity contribution in [2.45, 2.75) is 38.6 Å². The molecule has 0 spiro atoms. The molecular weight excluding hydrogens is 332 g/mol. The number of piperazine rings is 1. The van der Waals surface area contributed by atoms with E-state index < -0.39 is 0 Å². The smallest absolute Gasteiger partial charge is 0.246 e. The highest BCUT2D eigenvalue weighted by Gasteiger charge is 2.35. The number of benzene rings is 1. The summed E-state index contributed by atoms with van der Waals surface area (Å²) in [7, 11) is 0. The first-order valence-corrected chi connectivity index (χ1v) is 9.05. The number of rotatable bonds is 2. The molecule has 3 heterocycles. The largest absolute Gasteiger partial charge is 0.331 e. The van der Waals surface area contributed by atoms with E-state index in [1.54, 1.807) is 14.5 Å². The van der Waals surface area contributed by atoms with E-state index in [-0.39, 0.29) is 24.3 Å². The number of amides is 2. The maximum Gasteiger partial charge on any atom is 0.246 e. The minimum Gasteiger partial charge on any atom is -0.331 e. The predicted octanol–water partition coefficient (Wildman–Crippen LogP) is 1.12. The summed E-state index contributed by atoms with van der Waals surface area (Å²) in [5.74, 6) is 0.175. The molecule has 2 aromatic rings. The molecule has 0 aliphatic carbocycles. The van der Waals surface area contributed by atoms with Crippen LogP contribution in [0, 0.1) is 6.92 Å². The molecule has 0 bridgehead atoms. The molecule has 1 fully saturated rings. The Morgan fingerprint density at radius 1 is 1.12 bits per heavy atom. The number of nitrogens with zero attached hydrogens (tertiary/aromatic N) is 6. The molecule has 2 aliphatic heterocycles. The normalized spacial score (nSPS) is 20.7. The van der Waals surface area contributed by atoms with Gasteiger partial charge in [-0.05, 0) is 42.3 Å². The summed E-state index contributed by atoms with van der Waals surface area (Å²) < 4.78 is 1.72. The van der Waals surface area contributed by atoms with Gasteiger partial charge in [0.15, 0.2) is 5.82 Å². The van der Waals surface area contributed by atoms with Gasteiger partial charge in [0.1, 0.15) is 6.54 Å². The molecule has 0 unspecified atom stereocenters. The van der Waals surface area contributed by atoms with E-state index in [9.17, 15) is 9.59 Å². The Hall–Kier alpha value is -2.77. The predicted molar refractivity (Wildman–Crippen MR) is 94.5 cm³/mol. The lowest BCUT2D eigenvalue weighted by molar-refractivity contribution is -0.138. The number of fused-ring (bicyclic) bond motifs is 1. The molecule has 8 nitrogen and oxygen atoms in total. The molecule has 1 saturated heterocycles. The highest BCUT2D eigenvalue weighted by molar-refractivity contribution is 5.98. The Labute approximate surface area is 151 Å². The third-order valence-corrected chi connectivity index (χ3v) is 5.16. The average Bonchev–Trinajstić information content (AvgIpc) is 3.01. The van der Waals surface area contributed by atoms with E-state index >= 15 is 0 Å². The lowest BCUT2D eigenvalue weighted by Crippen LogP contribution is -2.53. The Morgan fingerprint density at radius 2 is 1.92 bits per heavy atom. The lowest BCUT2D eigenvalue weighted by atomic mass is 10.00. The Balaban J connectivity index is 1.48. The van der Waals surface area contributed by atoms with Crippen molar-refractivity contribution in [2.24, 2.45) is 0 Å². The Morgan fingerprint density at radius 3 is 2.69 bits per heavy atom. The monoisotopic (exact) mass is 354 g/mol. The van der Waals surface area contributed by atoms with E-state index in [0.29, 0.717) is 18.9 Å². The highest BCUT2D eigenvalue weighted by Crippen LogP contribution is 2.27. The van der Waals surface area contributed by atoms with Crippen LogP contribution in [0.2, 0.25) is 0 Å². The quantitative estimate of drug-likeness (QED) is 0.807. The first-order valence-electron chi connectivity index (χ1n) is 9.05. The van der Waals surface area contributed by atoms with Gasteiger partial charge in [-0.25, -0.2) is 4.68 Å². The average molecular weight is 354 g/mol. The van der Waals surface area contributed by atoms with Crippen LogP contribution in [0.25, 0.3) is 0 Å². The number of hydrogen-bond donors (Lipinski definition) is 0. The van der Waals surface area contributed by atoms with E-state index in [1.807, 2.05) is 31.2 Å². The van der Waals surface area contributed by atoms with Crippen LogP contribution in [0.5, 0.6) is 0 Å². The third kappa shape index (κ3) is 3.07. The van der Waals surface area contributed by atoms with Gasteiger partial charge < -0.3 is 9.80 Å². The van der Waals surface area contributed by atoms with Gasteiger partial charge in [-0.15, -0.1) is 5.10 Å². The number of carbonyl (C=O) groups is 2. The number of tetrazole rings is 1. The van der Waals surface area contributed by atoms with Crippen LogP contribution in [-0.2, 0) is 16.1 Å². The van der Waals surface area contributed by atoms with Crippen LogP contribution in [-0.4, -0.2) is 56.6 Å². The molecule has 8 heteroatoms. The van der Waals surface area contributed by atoms with Crippen LogP contribution in [0.1, 0.15) is 36.6 Å². The lowest BCUT2D eigenvalue weighted by Gasteiger charge is -2.35. The van der Waals surface area contributed by atoms with Crippen LogP contribution in [0.3, 0.4) is 0 Å². The molecule has 2 aliphatic rings. The van der Waals surface area contributed by atoms with Gasteiger partial charge in [0.25, 0.3) is 0 Å². The Bertz CT molecular complexity index is 815. The zero-order chi connectivity index (χ0) is 18.1. The molecule has 0 N–H and O–H groups in total. The zero-order valence-electron chi connectivity index (χ0n) is 14.8. The summed E-state index contributed by atoms with van der Waals surface area (Å²) in [5, 5.41) is 11.8. The number of aromatic nitrogens is 4. The van der Waals surface area contributed by atoms with Crippen molar-refractivity contribution < 1.29 is 9.59 Å². The van der Waals surface area contributed by atoms with Gasteiger partial charge in [-0.1, -0.05) is 24.1 Å². The highest BCUT2D eigenvalue weighted by atomic mass is 16.2. The molecule has 26 heavy (non-hydrogen) atoms. The minimum absolute atomic E-state index is 0.0418. The molecule has 1 aromatic heterocycles. The van der Waals surface area contributed by atoms with Crippen LogP contribution in [0.4, 0.5) is 5.69 Å². The fraction of sp³-hybridized carbons (Fsp3) is 0.500. The summed E-state index contributed by atoms with van der Waals surface area (Å²) >= 11 is 0. The fourth-order valence-corrected chi connectivity index (χ4v) is 3.67. The van der Waals surface area contributed by atoms with Crippen molar-refractivity contribution >= 4 is 17.5 Å². The van der Waals surface area contributed by atoms with Gasteiger partial charge in [0, 0.05) is 25.3 Å². The summed E-state index contributed by atoms with van der Waals surface area (Å²) in [6.45, 7) is 3.89. The minimum atomic E-state index is -0.355. The molecular formula is C18H22N6O2. The summed E-state index contributed by atoms with van der Waals surface area (Å²) in [5.41, 5.74) is 2.03. The molecule has 1 atom stereocenters. The van der Waals surface area contributed by atoms with Gasteiger partial charge in [-0.3, -0.25) is 9.59 Å². The Kier molecular flexibility index (Phi) is 4.40. The summed E-state index contributed by atoms with van der Waals surface area (Å²) in [6.07, 6.45) is 2.63. The fourth-order valence-electron chi connectivity index (χ4n) is 3.67. The topological polar surface area (TPSA) is 84.2 Å². The second kappa shape index (κ2) is 6.86. The molecule has 136 valence electrons. The van der Waals surface area contributed by atoms with Crippen LogP contribution >= 0.6 is 0 Å². The number of aryl methyl sites for hydroxylation is 2.